The molecular weight excluding hydrogens is 392 g/mol. The molecule has 0 N–H and O–H groups in total. The van der Waals surface area contributed by atoms with E-state index in [-0.39, 0.29) is 24.6 Å². The number of ether oxygens (including phenoxy) is 2. The fourth-order valence-corrected chi connectivity index (χ4v) is 4.32. The van der Waals surface area contributed by atoms with E-state index in [4.69, 9.17) is 14.5 Å². The number of carbonyl (C=O) groups excluding carboxylic acids is 1. The molecule has 1 aromatic heterocycles. The molecule has 7 nitrogen and oxygen atoms in total. The molecule has 0 spiro atoms. The van der Waals surface area contributed by atoms with Crippen molar-refractivity contribution in [1.82, 2.24) is 19.7 Å². The molecule has 31 heavy (non-hydrogen) atoms. The van der Waals surface area contributed by atoms with Crippen molar-refractivity contribution in [3.63, 3.8) is 0 Å². The van der Waals surface area contributed by atoms with Crippen molar-refractivity contribution in [2.24, 2.45) is 0 Å². The van der Waals surface area contributed by atoms with Crippen LogP contribution in [0.3, 0.4) is 0 Å². The average molecular weight is 418 g/mol. The molecular formula is C24H26N4O3. The molecule has 1 aliphatic heterocycles. The number of rotatable bonds is 6. The van der Waals surface area contributed by atoms with E-state index in [1.165, 1.54) is 0 Å². The highest BCUT2D eigenvalue weighted by molar-refractivity contribution is 5.79. The smallest absolute Gasteiger partial charge is 0.249 e. The van der Waals surface area contributed by atoms with Gasteiger partial charge in [0, 0.05) is 6.04 Å². The Labute approximate surface area is 181 Å². The van der Waals surface area contributed by atoms with Crippen LogP contribution in [-0.4, -0.2) is 45.3 Å². The van der Waals surface area contributed by atoms with Crippen molar-refractivity contribution in [1.29, 1.82) is 0 Å². The van der Waals surface area contributed by atoms with Gasteiger partial charge in [-0.2, -0.15) is 5.10 Å². The third-order valence-corrected chi connectivity index (χ3v) is 5.89. The molecule has 2 aromatic carbocycles. The van der Waals surface area contributed by atoms with E-state index in [0.29, 0.717) is 12.4 Å². The van der Waals surface area contributed by atoms with E-state index in [9.17, 15) is 4.79 Å². The maximum Gasteiger partial charge on any atom is 0.249 e. The lowest BCUT2D eigenvalue weighted by molar-refractivity contribution is -0.160. The summed E-state index contributed by atoms with van der Waals surface area (Å²) < 4.78 is 13.4. The van der Waals surface area contributed by atoms with Gasteiger partial charge in [0.05, 0.1) is 19.7 Å². The molecule has 5 rings (SSSR count). The third kappa shape index (κ3) is 3.93. The van der Waals surface area contributed by atoms with Crippen LogP contribution >= 0.6 is 0 Å². The number of aryl methyl sites for hydroxylation is 1. The van der Waals surface area contributed by atoms with Gasteiger partial charge in [-0.15, -0.1) is 0 Å². The maximum absolute atomic E-state index is 12.9. The minimum absolute atomic E-state index is 0.0328. The molecule has 1 aliphatic carbocycles. The summed E-state index contributed by atoms with van der Waals surface area (Å²) in [6.07, 6.45) is 1.67. The predicted octanol–water partition coefficient (Wildman–Crippen LogP) is 3.45. The van der Waals surface area contributed by atoms with E-state index < -0.39 is 6.10 Å². The molecule has 2 atom stereocenters. The van der Waals surface area contributed by atoms with E-state index >= 15 is 0 Å². The van der Waals surface area contributed by atoms with Crippen molar-refractivity contribution < 1.29 is 14.3 Å². The first-order chi connectivity index (χ1) is 15.1. The second-order valence-electron chi connectivity index (χ2n) is 8.14. The van der Waals surface area contributed by atoms with E-state index in [1.54, 1.807) is 7.11 Å². The van der Waals surface area contributed by atoms with E-state index in [2.05, 4.69) is 17.2 Å². The normalized spacial score (nSPS) is 21.4. The lowest BCUT2D eigenvalue weighted by atomic mass is 9.96. The molecule has 2 fully saturated rings. The Morgan fingerprint density at radius 1 is 1.10 bits per heavy atom. The number of hydrogen-bond donors (Lipinski definition) is 0. The molecule has 2 heterocycles. The number of morpholine rings is 1. The summed E-state index contributed by atoms with van der Waals surface area (Å²) >= 11 is 0. The van der Waals surface area contributed by atoms with Gasteiger partial charge in [-0.05, 0) is 43.0 Å². The van der Waals surface area contributed by atoms with Gasteiger partial charge in [-0.1, -0.05) is 42.5 Å². The van der Waals surface area contributed by atoms with Gasteiger partial charge in [0.15, 0.2) is 5.82 Å². The Balaban J connectivity index is 1.55. The highest BCUT2D eigenvalue weighted by Gasteiger charge is 2.47. The first kappa shape index (κ1) is 19.8. The predicted molar refractivity (Wildman–Crippen MR) is 115 cm³/mol. The quantitative estimate of drug-likeness (QED) is 0.613. The molecule has 1 saturated heterocycles. The first-order valence-electron chi connectivity index (χ1n) is 10.7. The van der Waals surface area contributed by atoms with Gasteiger partial charge in [0.25, 0.3) is 0 Å². The van der Waals surface area contributed by atoms with Crippen LogP contribution < -0.4 is 4.74 Å². The highest BCUT2D eigenvalue weighted by Crippen LogP contribution is 2.45. The Bertz CT molecular complexity index is 1060. The fraction of sp³-hybridized carbons (Fsp3) is 0.375. The fourth-order valence-electron chi connectivity index (χ4n) is 4.32. The molecule has 2 aliphatic rings. The monoisotopic (exact) mass is 418 g/mol. The molecule has 160 valence electrons. The number of hydrogen-bond acceptors (Lipinski definition) is 5. The zero-order chi connectivity index (χ0) is 21.4. The van der Waals surface area contributed by atoms with Gasteiger partial charge in [0.2, 0.25) is 5.91 Å². The SMILES string of the molecule is COc1ccc([C@@H]2[C@@H](c3nc(C)nn3Cc3ccccc3)OCC(=O)N2C2CC2)cc1. The summed E-state index contributed by atoms with van der Waals surface area (Å²) in [5, 5.41) is 4.64. The molecule has 0 radical (unpaired) electrons. The van der Waals surface area contributed by atoms with Gasteiger partial charge in [0.1, 0.15) is 24.3 Å². The molecule has 1 saturated carbocycles. The number of methoxy groups -OCH3 is 1. The Hall–Kier alpha value is -3.19. The topological polar surface area (TPSA) is 69.5 Å². The largest absolute Gasteiger partial charge is 0.497 e. The Morgan fingerprint density at radius 2 is 1.84 bits per heavy atom. The Kier molecular flexibility index (Phi) is 5.19. The first-order valence-corrected chi connectivity index (χ1v) is 10.7. The Morgan fingerprint density at radius 3 is 2.52 bits per heavy atom. The number of benzene rings is 2. The number of amides is 1. The summed E-state index contributed by atoms with van der Waals surface area (Å²) in [5.41, 5.74) is 2.15. The standard InChI is InChI=1S/C24H26N4O3/c1-16-25-24(27(26-16)14-17-6-4-3-5-7-17)23-22(18-8-12-20(30-2)13-9-18)28(19-10-11-19)21(29)15-31-23/h3-9,12-13,19,22-23H,10-11,14-15H2,1-2H3/t22-,23+/m1/s1. The van der Waals surface area contributed by atoms with Gasteiger partial charge in [-0.25, -0.2) is 9.67 Å². The average Bonchev–Trinajstić information content (AvgIpc) is 3.57. The van der Waals surface area contributed by atoms with Gasteiger partial charge < -0.3 is 14.4 Å². The van der Waals surface area contributed by atoms with Gasteiger partial charge in [-0.3, -0.25) is 4.79 Å². The lowest BCUT2D eigenvalue weighted by Crippen LogP contribution is -2.47. The zero-order valence-electron chi connectivity index (χ0n) is 17.8. The summed E-state index contributed by atoms with van der Waals surface area (Å²) in [5.74, 6) is 2.26. The van der Waals surface area contributed by atoms with Crippen LogP contribution in [0.15, 0.2) is 54.6 Å². The minimum Gasteiger partial charge on any atom is -0.497 e. The van der Waals surface area contributed by atoms with Gasteiger partial charge >= 0.3 is 0 Å². The summed E-state index contributed by atoms with van der Waals surface area (Å²) in [7, 11) is 1.65. The van der Waals surface area contributed by atoms with Crippen LogP contribution in [-0.2, 0) is 16.1 Å². The van der Waals surface area contributed by atoms with Crippen LogP contribution in [0.5, 0.6) is 5.75 Å². The summed E-state index contributed by atoms with van der Waals surface area (Å²) in [4.78, 5) is 19.6. The van der Waals surface area contributed by atoms with E-state index in [0.717, 1.165) is 35.5 Å². The second kappa shape index (κ2) is 8.15. The maximum atomic E-state index is 12.9. The van der Waals surface area contributed by atoms with Crippen molar-refractivity contribution in [3.05, 3.63) is 77.4 Å². The van der Waals surface area contributed by atoms with Crippen molar-refractivity contribution in [3.8, 4) is 5.75 Å². The van der Waals surface area contributed by atoms with Crippen LogP contribution in [0, 0.1) is 6.92 Å². The second-order valence-corrected chi connectivity index (χ2v) is 8.14. The van der Waals surface area contributed by atoms with E-state index in [1.807, 2.05) is 59.0 Å². The molecule has 0 bridgehead atoms. The molecule has 7 heteroatoms. The molecule has 1 amide bonds. The number of carbonyl (C=O) groups is 1. The van der Waals surface area contributed by atoms with Crippen LogP contribution in [0.2, 0.25) is 0 Å². The summed E-state index contributed by atoms with van der Waals surface area (Å²) in [6, 6.07) is 18.1. The molecule has 0 unspecified atom stereocenters. The van der Waals surface area contributed by atoms with Crippen molar-refractivity contribution >= 4 is 5.91 Å². The molecule has 3 aromatic rings. The van der Waals surface area contributed by atoms with Crippen molar-refractivity contribution in [2.75, 3.05) is 13.7 Å². The lowest BCUT2D eigenvalue weighted by Gasteiger charge is -2.41. The number of nitrogens with zero attached hydrogens (tertiary/aromatic N) is 4. The van der Waals surface area contributed by atoms with Crippen molar-refractivity contribution in [2.45, 2.75) is 44.5 Å². The number of aromatic nitrogens is 3. The minimum atomic E-state index is -0.392. The zero-order valence-corrected chi connectivity index (χ0v) is 17.8. The van der Waals surface area contributed by atoms with Crippen LogP contribution in [0.4, 0.5) is 0 Å². The van der Waals surface area contributed by atoms with Crippen LogP contribution in [0.1, 0.15) is 47.8 Å². The third-order valence-electron chi connectivity index (χ3n) is 5.89. The van der Waals surface area contributed by atoms with Crippen LogP contribution in [0.25, 0.3) is 0 Å². The summed E-state index contributed by atoms with van der Waals surface area (Å²) in [6.45, 7) is 2.55. The highest BCUT2D eigenvalue weighted by atomic mass is 16.5.